The number of carbonyl (C=O) groups is 1. The molecule has 5 nitrogen and oxygen atoms in total. The van der Waals surface area contributed by atoms with Crippen molar-refractivity contribution in [2.45, 2.75) is 63.7 Å². The number of piperidine rings is 1. The van der Waals surface area contributed by atoms with Crippen LogP contribution in [-0.4, -0.2) is 31.7 Å². The first kappa shape index (κ1) is 25.5. The Labute approximate surface area is 212 Å². The Kier molecular flexibility index (Phi) is 8.24. The molecule has 1 amide bonds. The summed E-state index contributed by atoms with van der Waals surface area (Å²) in [5, 5.41) is 3.92. The van der Waals surface area contributed by atoms with Crippen molar-refractivity contribution in [2.75, 3.05) is 13.1 Å². The van der Waals surface area contributed by atoms with Crippen molar-refractivity contribution in [1.29, 1.82) is 0 Å². The number of aryl methyl sites for hydroxylation is 2. The molecule has 0 aromatic heterocycles. The van der Waals surface area contributed by atoms with Gasteiger partial charge >= 0.3 is 0 Å². The van der Waals surface area contributed by atoms with Crippen LogP contribution >= 0.6 is 23.2 Å². The van der Waals surface area contributed by atoms with Gasteiger partial charge in [-0.3, -0.25) is 4.79 Å². The largest absolute Gasteiger partial charge is 0.349 e. The van der Waals surface area contributed by atoms with Gasteiger partial charge in [-0.05, 0) is 73.8 Å². The molecular weight excluding hydrogens is 491 g/mol. The van der Waals surface area contributed by atoms with Crippen LogP contribution in [0.3, 0.4) is 0 Å². The molecule has 1 N–H and O–H groups in total. The summed E-state index contributed by atoms with van der Waals surface area (Å²) in [6, 6.07) is 11.6. The van der Waals surface area contributed by atoms with Gasteiger partial charge in [0, 0.05) is 34.6 Å². The monoisotopic (exact) mass is 522 g/mol. The molecule has 1 aliphatic heterocycles. The van der Waals surface area contributed by atoms with E-state index in [0.29, 0.717) is 41.5 Å². The molecule has 34 heavy (non-hydrogen) atoms. The first-order chi connectivity index (χ1) is 16.3. The molecule has 1 fully saturated rings. The quantitative estimate of drug-likeness (QED) is 0.508. The number of hydrogen-bond donors (Lipinski definition) is 1. The van der Waals surface area contributed by atoms with Crippen molar-refractivity contribution in [3.05, 3.63) is 68.7 Å². The molecule has 2 aliphatic rings. The number of rotatable bonds is 7. The summed E-state index contributed by atoms with van der Waals surface area (Å²) < 4.78 is 27.4. The zero-order chi connectivity index (χ0) is 24.3. The van der Waals surface area contributed by atoms with Gasteiger partial charge < -0.3 is 5.32 Å². The van der Waals surface area contributed by atoms with E-state index in [1.165, 1.54) is 28.3 Å². The number of nitrogens with zero attached hydrogens (tertiary/aromatic N) is 1. The SMILES string of the molecule is CC[C@H](NC(=O)C1CCN(S(=O)(=O)Cc2c(Cl)cccc2Cl)CC1)c1ccc2c(c1)CCCC2. The van der Waals surface area contributed by atoms with Gasteiger partial charge in [0.05, 0.1) is 11.8 Å². The molecule has 0 bridgehead atoms. The lowest BCUT2D eigenvalue weighted by molar-refractivity contribution is -0.126. The summed E-state index contributed by atoms with van der Waals surface area (Å²) in [6.45, 7) is 2.72. The van der Waals surface area contributed by atoms with E-state index < -0.39 is 10.0 Å². The highest BCUT2D eigenvalue weighted by Gasteiger charge is 2.32. The molecule has 1 heterocycles. The van der Waals surface area contributed by atoms with Crippen molar-refractivity contribution in [3.8, 4) is 0 Å². The van der Waals surface area contributed by atoms with Gasteiger partial charge in [0.1, 0.15) is 0 Å². The topological polar surface area (TPSA) is 66.5 Å². The first-order valence-electron chi connectivity index (χ1n) is 12.1. The van der Waals surface area contributed by atoms with Gasteiger partial charge in [-0.15, -0.1) is 0 Å². The van der Waals surface area contributed by atoms with E-state index >= 15 is 0 Å². The number of benzene rings is 2. The summed E-state index contributed by atoms with van der Waals surface area (Å²) in [7, 11) is -3.58. The van der Waals surface area contributed by atoms with Crippen LogP contribution in [0.5, 0.6) is 0 Å². The van der Waals surface area contributed by atoms with Crippen LogP contribution in [0.2, 0.25) is 10.0 Å². The van der Waals surface area contributed by atoms with Crippen LogP contribution in [0, 0.1) is 5.92 Å². The lowest BCUT2D eigenvalue weighted by Crippen LogP contribution is -2.44. The number of amides is 1. The molecule has 0 unspecified atom stereocenters. The van der Waals surface area contributed by atoms with Crippen LogP contribution in [0.15, 0.2) is 36.4 Å². The highest BCUT2D eigenvalue weighted by atomic mass is 35.5. The van der Waals surface area contributed by atoms with Gasteiger partial charge in [0.25, 0.3) is 0 Å². The molecule has 0 spiro atoms. The smallest absolute Gasteiger partial charge is 0.223 e. The van der Waals surface area contributed by atoms with Gasteiger partial charge in [-0.25, -0.2) is 12.7 Å². The fraction of sp³-hybridized carbons (Fsp3) is 0.500. The van der Waals surface area contributed by atoms with E-state index in [9.17, 15) is 13.2 Å². The van der Waals surface area contributed by atoms with Crippen LogP contribution in [-0.2, 0) is 33.4 Å². The lowest BCUT2D eigenvalue weighted by Gasteiger charge is -2.32. The predicted octanol–water partition coefficient (Wildman–Crippen LogP) is 5.68. The van der Waals surface area contributed by atoms with Gasteiger partial charge in [-0.2, -0.15) is 0 Å². The number of halogens is 2. The summed E-state index contributed by atoms with van der Waals surface area (Å²) in [5.41, 5.74) is 4.42. The predicted molar refractivity (Wildman–Crippen MR) is 138 cm³/mol. The number of nitrogens with one attached hydrogen (secondary N) is 1. The minimum atomic E-state index is -3.58. The van der Waals surface area contributed by atoms with E-state index in [1.54, 1.807) is 18.2 Å². The Hall–Kier alpha value is -1.60. The van der Waals surface area contributed by atoms with Gasteiger partial charge in [-0.1, -0.05) is 54.4 Å². The standard InChI is InChI=1S/C26H32Cl2N2O3S/c1-2-25(21-11-10-18-6-3-4-7-20(18)16-21)29-26(31)19-12-14-30(15-13-19)34(32,33)17-22-23(27)8-5-9-24(22)28/h5,8-11,16,19,25H,2-4,6-7,12-15,17H2,1H3,(H,29,31)/t25-/m0/s1. The minimum absolute atomic E-state index is 0.00997. The third-order valence-corrected chi connectivity index (χ3v) is 9.62. The normalized spacial score (nSPS) is 18.3. The van der Waals surface area contributed by atoms with Crippen molar-refractivity contribution in [1.82, 2.24) is 9.62 Å². The second kappa shape index (κ2) is 11.0. The Morgan fingerprint density at radius 2 is 1.71 bits per heavy atom. The average molecular weight is 524 g/mol. The number of hydrogen-bond acceptors (Lipinski definition) is 3. The molecule has 4 rings (SSSR count). The second-order valence-electron chi connectivity index (χ2n) is 9.33. The third-order valence-electron chi connectivity index (χ3n) is 7.11. The maximum Gasteiger partial charge on any atom is 0.223 e. The van der Waals surface area contributed by atoms with Crippen molar-refractivity contribution in [2.24, 2.45) is 5.92 Å². The molecule has 2 aromatic rings. The number of carbonyl (C=O) groups excluding carboxylic acids is 1. The van der Waals surface area contributed by atoms with Crippen molar-refractivity contribution in [3.63, 3.8) is 0 Å². The third kappa shape index (κ3) is 5.78. The molecule has 8 heteroatoms. The Balaban J connectivity index is 1.35. The maximum absolute atomic E-state index is 13.1. The van der Waals surface area contributed by atoms with E-state index in [4.69, 9.17) is 23.2 Å². The first-order valence-corrected chi connectivity index (χ1v) is 14.5. The molecule has 2 aromatic carbocycles. The number of sulfonamides is 1. The highest BCUT2D eigenvalue weighted by molar-refractivity contribution is 7.88. The molecular formula is C26H32Cl2N2O3S. The van der Waals surface area contributed by atoms with Gasteiger partial charge in [0.2, 0.25) is 15.9 Å². The highest BCUT2D eigenvalue weighted by Crippen LogP contribution is 2.30. The molecule has 1 atom stereocenters. The maximum atomic E-state index is 13.1. The van der Waals surface area contributed by atoms with Crippen LogP contribution < -0.4 is 5.32 Å². The fourth-order valence-electron chi connectivity index (χ4n) is 5.02. The molecule has 1 saturated heterocycles. The summed E-state index contributed by atoms with van der Waals surface area (Å²) >= 11 is 12.3. The Morgan fingerprint density at radius 1 is 1.06 bits per heavy atom. The zero-order valence-electron chi connectivity index (χ0n) is 19.5. The van der Waals surface area contributed by atoms with Crippen LogP contribution in [0.4, 0.5) is 0 Å². The average Bonchev–Trinajstić information content (AvgIpc) is 2.84. The van der Waals surface area contributed by atoms with E-state index in [1.807, 2.05) is 0 Å². The fourth-order valence-corrected chi connectivity index (χ4v) is 7.34. The van der Waals surface area contributed by atoms with Crippen LogP contribution in [0.25, 0.3) is 0 Å². The zero-order valence-corrected chi connectivity index (χ0v) is 21.9. The lowest BCUT2D eigenvalue weighted by atomic mass is 9.88. The minimum Gasteiger partial charge on any atom is -0.349 e. The summed E-state index contributed by atoms with van der Waals surface area (Å²) in [4.78, 5) is 13.1. The van der Waals surface area contributed by atoms with E-state index in [2.05, 4.69) is 30.4 Å². The van der Waals surface area contributed by atoms with Crippen molar-refractivity contribution >= 4 is 39.1 Å². The summed E-state index contributed by atoms with van der Waals surface area (Å²) in [6.07, 6.45) is 6.55. The van der Waals surface area contributed by atoms with Crippen LogP contribution in [0.1, 0.15) is 67.3 Å². The van der Waals surface area contributed by atoms with E-state index in [-0.39, 0.29) is 23.6 Å². The molecule has 0 radical (unpaired) electrons. The Morgan fingerprint density at radius 3 is 2.35 bits per heavy atom. The van der Waals surface area contributed by atoms with E-state index in [0.717, 1.165) is 24.8 Å². The van der Waals surface area contributed by atoms with Gasteiger partial charge in [0.15, 0.2) is 0 Å². The Bertz CT molecular complexity index is 1120. The van der Waals surface area contributed by atoms with Crippen molar-refractivity contribution < 1.29 is 13.2 Å². The molecule has 0 saturated carbocycles. The molecule has 1 aliphatic carbocycles. The second-order valence-corrected chi connectivity index (χ2v) is 12.1. The molecule has 184 valence electrons. The summed E-state index contributed by atoms with van der Waals surface area (Å²) in [5.74, 6) is -0.420. The number of fused-ring (bicyclic) bond motifs is 1.